The first-order valence-corrected chi connectivity index (χ1v) is 5.79. The summed E-state index contributed by atoms with van der Waals surface area (Å²) < 4.78 is 0. The monoisotopic (exact) mass is 200 g/mol. The standard InChI is InChI=1S/C11H24N2O/c1-9(2)11(8-14)13-7-10-4-3-5-12-6-10/h9-14H,3-8H2,1-2H3/t10?,11-/m1/s1. The van der Waals surface area contributed by atoms with Gasteiger partial charge in [0.2, 0.25) is 0 Å². The maximum Gasteiger partial charge on any atom is 0.0587 e. The van der Waals surface area contributed by atoms with Gasteiger partial charge in [-0.15, -0.1) is 0 Å². The summed E-state index contributed by atoms with van der Waals surface area (Å²) in [5.41, 5.74) is 0. The van der Waals surface area contributed by atoms with Crippen molar-refractivity contribution in [2.24, 2.45) is 11.8 Å². The lowest BCUT2D eigenvalue weighted by Crippen LogP contribution is -2.43. The average Bonchev–Trinajstić information content (AvgIpc) is 2.20. The highest BCUT2D eigenvalue weighted by Gasteiger charge is 2.16. The van der Waals surface area contributed by atoms with Crippen LogP contribution in [0.15, 0.2) is 0 Å². The molecule has 3 N–H and O–H groups in total. The van der Waals surface area contributed by atoms with Gasteiger partial charge in [0.15, 0.2) is 0 Å². The lowest BCUT2D eigenvalue weighted by atomic mass is 9.98. The second kappa shape index (κ2) is 6.38. The SMILES string of the molecule is CC(C)[C@@H](CO)NCC1CCCNC1. The highest BCUT2D eigenvalue weighted by Crippen LogP contribution is 2.09. The molecule has 0 amide bonds. The summed E-state index contributed by atoms with van der Waals surface area (Å²) in [5, 5.41) is 16.0. The Morgan fingerprint density at radius 1 is 1.50 bits per heavy atom. The van der Waals surface area contributed by atoms with Gasteiger partial charge in [-0.3, -0.25) is 0 Å². The van der Waals surface area contributed by atoms with Gasteiger partial charge >= 0.3 is 0 Å². The minimum atomic E-state index is 0.248. The molecule has 0 aromatic carbocycles. The Morgan fingerprint density at radius 2 is 2.29 bits per heavy atom. The van der Waals surface area contributed by atoms with Gasteiger partial charge in [0.1, 0.15) is 0 Å². The number of rotatable bonds is 5. The summed E-state index contributed by atoms with van der Waals surface area (Å²) in [4.78, 5) is 0. The van der Waals surface area contributed by atoms with Gasteiger partial charge in [-0.1, -0.05) is 13.8 Å². The Morgan fingerprint density at radius 3 is 2.79 bits per heavy atom. The molecule has 1 aliphatic heterocycles. The van der Waals surface area contributed by atoms with Crippen LogP contribution in [0.4, 0.5) is 0 Å². The fourth-order valence-electron chi connectivity index (χ4n) is 1.93. The number of hydrogen-bond acceptors (Lipinski definition) is 3. The molecule has 0 saturated carbocycles. The van der Waals surface area contributed by atoms with Crippen molar-refractivity contribution >= 4 is 0 Å². The van der Waals surface area contributed by atoms with Crippen molar-refractivity contribution in [1.29, 1.82) is 0 Å². The molecule has 0 aromatic heterocycles. The highest BCUT2D eigenvalue weighted by atomic mass is 16.3. The smallest absolute Gasteiger partial charge is 0.0587 e. The lowest BCUT2D eigenvalue weighted by Gasteiger charge is -2.27. The van der Waals surface area contributed by atoms with Crippen molar-refractivity contribution in [3.8, 4) is 0 Å². The summed E-state index contributed by atoms with van der Waals surface area (Å²) in [6.07, 6.45) is 2.61. The quantitative estimate of drug-likeness (QED) is 0.609. The molecule has 1 unspecified atom stereocenters. The van der Waals surface area contributed by atoms with Crippen LogP contribution in [0.25, 0.3) is 0 Å². The van der Waals surface area contributed by atoms with E-state index in [0.29, 0.717) is 5.92 Å². The minimum Gasteiger partial charge on any atom is -0.395 e. The van der Waals surface area contributed by atoms with E-state index in [1.165, 1.54) is 19.4 Å². The van der Waals surface area contributed by atoms with Crippen LogP contribution in [-0.2, 0) is 0 Å². The third kappa shape index (κ3) is 3.95. The first-order chi connectivity index (χ1) is 6.74. The summed E-state index contributed by atoms with van der Waals surface area (Å²) in [6.45, 7) is 7.88. The van der Waals surface area contributed by atoms with E-state index in [4.69, 9.17) is 5.11 Å². The Bertz CT molecular complexity index is 144. The van der Waals surface area contributed by atoms with Gasteiger partial charge in [0.05, 0.1) is 6.61 Å². The number of hydrogen-bond donors (Lipinski definition) is 3. The Hall–Kier alpha value is -0.120. The highest BCUT2D eigenvalue weighted by molar-refractivity contribution is 4.75. The summed E-state index contributed by atoms with van der Waals surface area (Å²) in [5.74, 6) is 1.26. The Kier molecular flexibility index (Phi) is 5.45. The van der Waals surface area contributed by atoms with Crippen LogP contribution in [0.3, 0.4) is 0 Å². The van der Waals surface area contributed by atoms with E-state index in [2.05, 4.69) is 24.5 Å². The normalized spacial score (nSPS) is 25.3. The molecule has 1 heterocycles. The van der Waals surface area contributed by atoms with E-state index < -0.39 is 0 Å². The molecule has 1 saturated heterocycles. The lowest BCUT2D eigenvalue weighted by molar-refractivity contribution is 0.201. The predicted molar refractivity (Wildman–Crippen MR) is 59.3 cm³/mol. The van der Waals surface area contributed by atoms with Crippen LogP contribution in [0.2, 0.25) is 0 Å². The first kappa shape index (κ1) is 12.0. The van der Waals surface area contributed by atoms with Crippen LogP contribution in [0, 0.1) is 11.8 Å². The van der Waals surface area contributed by atoms with Crippen molar-refractivity contribution in [3.63, 3.8) is 0 Å². The van der Waals surface area contributed by atoms with Gasteiger partial charge in [-0.2, -0.15) is 0 Å². The number of nitrogens with one attached hydrogen (secondary N) is 2. The summed E-state index contributed by atoms with van der Waals surface area (Å²) in [6, 6.07) is 0.261. The molecular formula is C11H24N2O. The topological polar surface area (TPSA) is 44.3 Å². The van der Waals surface area contributed by atoms with Crippen LogP contribution >= 0.6 is 0 Å². The molecule has 0 bridgehead atoms. The molecule has 3 nitrogen and oxygen atoms in total. The average molecular weight is 200 g/mol. The van der Waals surface area contributed by atoms with Crippen molar-refractivity contribution in [3.05, 3.63) is 0 Å². The van der Waals surface area contributed by atoms with E-state index in [1.807, 2.05) is 0 Å². The third-order valence-electron chi connectivity index (χ3n) is 3.07. The van der Waals surface area contributed by atoms with Crippen molar-refractivity contribution in [2.75, 3.05) is 26.2 Å². The minimum absolute atomic E-state index is 0.248. The second-order valence-electron chi connectivity index (χ2n) is 4.65. The number of piperidine rings is 1. The molecule has 1 rings (SSSR count). The summed E-state index contributed by atoms with van der Waals surface area (Å²) in [7, 11) is 0. The van der Waals surface area contributed by atoms with Gasteiger partial charge in [-0.25, -0.2) is 0 Å². The fourth-order valence-corrected chi connectivity index (χ4v) is 1.93. The maximum atomic E-state index is 9.15. The zero-order valence-electron chi connectivity index (χ0n) is 9.42. The van der Waals surface area contributed by atoms with E-state index in [1.54, 1.807) is 0 Å². The molecule has 1 aliphatic rings. The molecule has 3 heteroatoms. The Labute approximate surface area is 87.3 Å². The van der Waals surface area contributed by atoms with Gasteiger partial charge in [0.25, 0.3) is 0 Å². The number of aliphatic hydroxyl groups is 1. The molecule has 0 aliphatic carbocycles. The first-order valence-electron chi connectivity index (χ1n) is 5.79. The van der Waals surface area contributed by atoms with E-state index in [9.17, 15) is 0 Å². The van der Waals surface area contributed by atoms with E-state index in [-0.39, 0.29) is 12.6 Å². The molecule has 0 spiro atoms. The maximum absolute atomic E-state index is 9.15. The largest absolute Gasteiger partial charge is 0.395 e. The molecule has 14 heavy (non-hydrogen) atoms. The van der Waals surface area contributed by atoms with E-state index in [0.717, 1.165) is 19.0 Å². The van der Waals surface area contributed by atoms with E-state index >= 15 is 0 Å². The van der Waals surface area contributed by atoms with Crippen LogP contribution in [0.5, 0.6) is 0 Å². The molecule has 1 fully saturated rings. The Balaban J connectivity index is 2.16. The van der Waals surface area contributed by atoms with Gasteiger partial charge in [-0.05, 0) is 44.3 Å². The van der Waals surface area contributed by atoms with Crippen molar-refractivity contribution < 1.29 is 5.11 Å². The summed E-state index contributed by atoms with van der Waals surface area (Å²) >= 11 is 0. The molecule has 2 atom stereocenters. The van der Waals surface area contributed by atoms with Crippen molar-refractivity contribution in [2.45, 2.75) is 32.7 Å². The number of aliphatic hydroxyl groups excluding tert-OH is 1. The van der Waals surface area contributed by atoms with Crippen LogP contribution < -0.4 is 10.6 Å². The van der Waals surface area contributed by atoms with Gasteiger partial charge in [0, 0.05) is 6.04 Å². The fraction of sp³-hybridized carbons (Fsp3) is 1.00. The van der Waals surface area contributed by atoms with Gasteiger partial charge < -0.3 is 15.7 Å². The second-order valence-corrected chi connectivity index (χ2v) is 4.65. The molecule has 84 valence electrons. The zero-order valence-corrected chi connectivity index (χ0v) is 9.42. The van der Waals surface area contributed by atoms with Crippen LogP contribution in [0.1, 0.15) is 26.7 Å². The molecular weight excluding hydrogens is 176 g/mol. The predicted octanol–water partition coefficient (Wildman–Crippen LogP) is 0.592. The van der Waals surface area contributed by atoms with Crippen molar-refractivity contribution in [1.82, 2.24) is 10.6 Å². The van der Waals surface area contributed by atoms with Crippen LogP contribution in [-0.4, -0.2) is 37.4 Å². The zero-order chi connectivity index (χ0) is 10.4. The molecule has 0 radical (unpaired) electrons. The third-order valence-corrected chi connectivity index (χ3v) is 3.07. The molecule has 0 aromatic rings.